The van der Waals surface area contributed by atoms with E-state index in [1.807, 2.05) is 19.5 Å². The summed E-state index contributed by atoms with van der Waals surface area (Å²) in [5.74, 6) is 2.26. The smallest absolute Gasteiger partial charge is 0.0927 e. The molecule has 2 aromatic rings. The van der Waals surface area contributed by atoms with Crippen LogP contribution in [0.3, 0.4) is 0 Å². The first-order valence-electron chi connectivity index (χ1n) is 11.0. The molecule has 4 rings (SSSR count). The van der Waals surface area contributed by atoms with Gasteiger partial charge in [0.1, 0.15) is 0 Å². The van der Waals surface area contributed by atoms with Crippen molar-refractivity contribution < 1.29 is 4.74 Å². The number of hydrogen-bond acceptors (Lipinski definition) is 3. The Morgan fingerprint density at radius 3 is 2.39 bits per heavy atom. The van der Waals surface area contributed by atoms with Crippen molar-refractivity contribution in [2.24, 2.45) is 11.8 Å². The average Bonchev–Trinajstić information content (AvgIpc) is 2.67. The Kier molecular flexibility index (Phi) is 4.61. The second-order valence-electron chi connectivity index (χ2n) is 10.3. The molecule has 3 nitrogen and oxygen atoms in total. The third-order valence-corrected chi connectivity index (χ3v) is 8.55. The number of aryl methyl sites for hydroxylation is 1. The van der Waals surface area contributed by atoms with Crippen molar-refractivity contribution in [2.75, 3.05) is 7.11 Å². The second-order valence-corrected chi connectivity index (χ2v) is 10.3. The van der Waals surface area contributed by atoms with E-state index in [4.69, 9.17) is 14.7 Å². The van der Waals surface area contributed by atoms with E-state index >= 15 is 0 Å². The van der Waals surface area contributed by atoms with E-state index in [1.165, 1.54) is 30.4 Å². The molecule has 0 saturated carbocycles. The maximum atomic E-state index is 5.99. The normalized spacial score (nSPS) is 30.9. The molecular formula is C25H36N2O. The Morgan fingerprint density at radius 2 is 1.75 bits per heavy atom. The predicted molar refractivity (Wildman–Crippen MR) is 116 cm³/mol. The fourth-order valence-corrected chi connectivity index (χ4v) is 6.55. The van der Waals surface area contributed by atoms with Gasteiger partial charge in [-0.25, -0.2) is 0 Å². The number of fused-ring (bicyclic) bond motifs is 2. The molecule has 5 atom stereocenters. The summed E-state index contributed by atoms with van der Waals surface area (Å²) in [4.78, 5) is 9.65. The lowest BCUT2D eigenvalue weighted by Gasteiger charge is -2.53. The zero-order valence-corrected chi connectivity index (χ0v) is 18.9. The Morgan fingerprint density at radius 1 is 1.11 bits per heavy atom. The van der Waals surface area contributed by atoms with E-state index in [0.29, 0.717) is 23.7 Å². The Balaban J connectivity index is 2.10. The van der Waals surface area contributed by atoms with Crippen LogP contribution in [0.5, 0.6) is 0 Å². The van der Waals surface area contributed by atoms with Gasteiger partial charge in [-0.3, -0.25) is 9.97 Å². The van der Waals surface area contributed by atoms with Crippen LogP contribution in [0, 0.1) is 18.8 Å². The lowest BCUT2D eigenvalue weighted by Crippen LogP contribution is -2.49. The van der Waals surface area contributed by atoms with Gasteiger partial charge in [0, 0.05) is 19.5 Å². The highest BCUT2D eigenvalue weighted by Crippen LogP contribution is 2.59. The number of ether oxygens (including phenoxy) is 1. The van der Waals surface area contributed by atoms with Gasteiger partial charge in [0.2, 0.25) is 0 Å². The summed E-state index contributed by atoms with van der Waals surface area (Å²) >= 11 is 0. The Bertz CT molecular complexity index is 918. The summed E-state index contributed by atoms with van der Waals surface area (Å²) in [6.45, 7) is 16.5. The molecule has 3 heteroatoms. The van der Waals surface area contributed by atoms with Gasteiger partial charge in [-0.1, -0.05) is 27.7 Å². The minimum atomic E-state index is -0.182. The second kappa shape index (κ2) is 6.52. The van der Waals surface area contributed by atoms with Crippen LogP contribution in [-0.4, -0.2) is 22.7 Å². The summed E-state index contributed by atoms with van der Waals surface area (Å²) in [5, 5.41) is 0. The van der Waals surface area contributed by atoms with Crippen molar-refractivity contribution >= 4 is 11.0 Å². The molecule has 2 aliphatic carbocycles. The van der Waals surface area contributed by atoms with Crippen LogP contribution >= 0.6 is 0 Å². The zero-order valence-electron chi connectivity index (χ0n) is 18.9. The topological polar surface area (TPSA) is 35.0 Å². The summed E-state index contributed by atoms with van der Waals surface area (Å²) in [6.07, 6.45) is 7.48. The highest BCUT2D eigenvalue weighted by atomic mass is 16.5. The molecule has 0 spiro atoms. The third kappa shape index (κ3) is 2.58. The SMILES string of the molecule is COC(C)(C)C(C)C1(C)CC(C)C2CCC(C)c3c2c1c(C)c1nccnc31. The Labute approximate surface area is 170 Å². The van der Waals surface area contributed by atoms with Crippen molar-refractivity contribution in [3.05, 3.63) is 34.6 Å². The van der Waals surface area contributed by atoms with E-state index in [1.54, 1.807) is 11.1 Å². The average molecular weight is 381 g/mol. The molecule has 0 saturated heterocycles. The van der Waals surface area contributed by atoms with Crippen LogP contribution in [0.15, 0.2) is 12.4 Å². The number of rotatable bonds is 3. The molecule has 0 N–H and O–H groups in total. The van der Waals surface area contributed by atoms with Crippen molar-refractivity contribution in [3.63, 3.8) is 0 Å². The quantitative estimate of drug-likeness (QED) is 0.629. The molecular weight excluding hydrogens is 344 g/mol. The maximum Gasteiger partial charge on any atom is 0.0927 e. The van der Waals surface area contributed by atoms with Crippen molar-refractivity contribution in [2.45, 2.75) is 90.6 Å². The lowest BCUT2D eigenvalue weighted by molar-refractivity contribution is -0.0548. The molecule has 0 fully saturated rings. The van der Waals surface area contributed by atoms with Crippen LogP contribution in [0.4, 0.5) is 0 Å². The van der Waals surface area contributed by atoms with E-state index in [2.05, 4.69) is 48.5 Å². The first kappa shape index (κ1) is 19.8. The van der Waals surface area contributed by atoms with Gasteiger partial charge in [0.05, 0.1) is 16.6 Å². The molecule has 5 unspecified atom stereocenters. The summed E-state index contributed by atoms with van der Waals surface area (Å²) in [6, 6.07) is 0. The molecule has 0 aliphatic heterocycles. The van der Waals surface area contributed by atoms with Crippen molar-refractivity contribution in [1.82, 2.24) is 9.97 Å². The lowest BCUT2D eigenvalue weighted by atomic mass is 9.52. The van der Waals surface area contributed by atoms with Gasteiger partial charge in [-0.2, -0.15) is 0 Å². The highest BCUT2D eigenvalue weighted by molar-refractivity contribution is 5.86. The number of nitrogens with zero attached hydrogens (tertiary/aromatic N) is 2. The molecule has 0 radical (unpaired) electrons. The van der Waals surface area contributed by atoms with Crippen LogP contribution in [0.25, 0.3) is 11.0 Å². The van der Waals surface area contributed by atoms with Crippen LogP contribution in [0.1, 0.15) is 94.9 Å². The summed E-state index contributed by atoms with van der Waals surface area (Å²) in [7, 11) is 1.85. The number of benzene rings is 1. The summed E-state index contributed by atoms with van der Waals surface area (Å²) in [5.41, 5.74) is 8.13. The molecule has 28 heavy (non-hydrogen) atoms. The third-order valence-electron chi connectivity index (χ3n) is 8.55. The fraction of sp³-hybridized carbons (Fsp3) is 0.680. The van der Waals surface area contributed by atoms with Crippen LogP contribution in [0.2, 0.25) is 0 Å². The molecule has 0 bridgehead atoms. The van der Waals surface area contributed by atoms with Gasteiger partial charge >= 0.3 is 0 Å². The van der Waals surface area contributed by atoms with Gasteiger partial charge in [-0.05, 0) is 91.4 Å². The van der Waals surface area contributed by atoms with Gasteiger partial charge in [0.25, 0.3) is 0 Å². The first-order chi connectivity index (χ1) is 13.1. The molecule has 1 heterocycles. The minimum absolute atomic E-state index is 0.0619. The number of methoxy groups -OCH3 is 1. The molecule has 2 aliphatic rings. The zero-order chi connectivity index (χ0) is 20.4. The fourth-order valence-electron chi connectivity index (χ4n) is 6.55. The number of aromatic nitrogens is 2. The molecule has 152 valence electrons. The van der Waals surface area contributed by atoms with Crippen LogP contribution in [-0.2, 0) is 10.2 Å². The Hall–Kier alpha value is -1.48. The minimum Gasteiger partial charge on any atom is -0.379 e. The summed E-state index contributed by atoms with van der Waals surface area (Å²) < 4.78 is 5.99. The van der Waals surface area contributed by atoms with Gasteiger partial charge in [0.15, 0.2) is 0 Å². The van der Waals surface area contributed by atoms with Gasteiger partial charge < -0.3 is 4.74 Å². The largest absolute Gasteiger partial charge is 0.379 e. The first-order valence-corrected chi connectivity index (χ1v) is 11.0. The number of hydrogen-bond donors (Lipinski definition) is 0. The maximum absolute atomic E-state index is 5.99. The molecule has 1 aromatic carbocycles. The van der Waals surface area contributed by atoms with Crippen molar-refractivity contribution in [3.8, 4) is 0 Å². The van der Waals surface area contributed by atoms with Gasteiger partial charge in [-0.15, -0.1) is 0 Å². The highest BCUT2D eigenvalue weighted by Gasteiger charge is 2.51. The standard InChI is InChI=1S/C25H36N2O/c1-14-9-10-18-15(2)13-25(7,17(4)24(5,6)28-8)21-16(3)22-23(19(14)20(18)21)27-12-11-26-22/h11-12,14-15,17-18H,9-10,13H2,1-8H3. The van der Waals surface area contributed by atoms with Crippen molar-refractivity contribution in [1.29, 1.82) is 0 Å². The van der Waals surface area contributed by atoms with E-state index in [-0.39, 0.29) is 11.0 Å². The molecule has 0 amide bonds. The van der Waals surface area contributed by atoms with E-state index in [0.717, 1.165) is 11.0 Å². The van der Waals surface area contributed by atoms with E-state index < -0.39 is 0 Å². The van der Waals surface area contributed by atoms with E-state index in [9.17, 15) is 0 Å². The monoisotopic (exact) mass is 380 g/mol. The predicted octanol–water partition coefficient (Wildman–Crippen LogP) is 6.28. The molecule has 1 aromatic heterocycles. The van der Waals surface area contributed by atoms with Crippen LogP contribution < -0.4 is 0 Å².